The summed E-state index contributed by atoms with van der Waals surface area (Å²) in [5.74, 6) is 2.07. The number of aromatic hydroxyl groups is 1. The summed E-state index contributed by atoms with van der Waals surface area (Å²) in [7, 11) is 3.19. The van der Waals surface area contributed by atoms with E-state index < -0.39 is 0 Å². The van der Waals surface area contributed by atoms with Crippen LogP contribution in [0.2, 0.25) is 0 Å². The second kappa shape index (κ2) is 10.1. The summed E-state index contributed by atoms with van der Waals surface area (Å²) in [6, 6.07) is 3.71. The lowest BCUT2D eigenvalue weighted by atomic mass is 9.94. The van der Waals surface area contributed by atoms with Crippen LogP contribution in [0, 0.1) is 0 Å². The first-order valence-electron chi connectivity index (χ1n) is 9.85. The largest absolute Gasteiger partial charge is 0.507 e. The molecule has 0 saturated carbocycles. The molecule has 152 valence electrons. The van der Waals surface area contributed by atoms with E-state index in [4.69, 9.17) is 14.2 Å². The van der Waals surface area contributed by atoms with Gasteiger partial charge in [-0.3, -0.25) is 0 Å². The molecule has 0 heterocycles. The van der Waals surface area contributed by atoms with Crippen LogP contribution in [0.3, 0.4) is 0 Å². The van der Waals surface area contributed by atoms with E-state index in [9.17, 15) is 5.11 Å². The molecule has 2 aromatic carbocycles. The molecule has 0 atom stereocenters. The highest BCUT2D eigenvalue weighted by molar-refractivity contribution is 5.99. The Kier molecular flexibility index (Phi) is 7.80. The van der Waals surface area contributed by atoms with E-state index in [1.165, 1.54) is 0 Å². The molecule has 0 aliphatic heterocycles. The molecule has 4 nitrogen and oxygen atoms in total. The molecule has 28 heavy (non-hydrogen) atoms. The molecular formula is C24H32O4. The van der Waals surface area contributed by atoms with Crippen molar-refractivity contribution in [2.45, 2.75) is 52.6 Å². The SMILES string of the molecule is C=CCc1c(OC(C)C)c(/C=C/CCCC)c(O)c2cc(OC)c(OC)cc12. The summed E-state index contributed by atoms with van der Waals surface area (Å²) in [5.41, 5.74) is 1.67. The number of phenolic OH excluding ortho intramolecular Hbond substituents is 1. The number of methoxy groups -OCH3 is 2. The van der Waals surface area contributed by atoms with Crippen LogP contribution < -0.4 is 14.2 Å². The van der Waals surface area contributed by atoms with E-state index in [0.29, 0.717) is 34.6 Å². The second-order valence-electron chi connectivity index (χ2n) is 7.03. The number of phenols is 1. The van der Waals surface area contributed by atoms with Gasteiger partial charge >= 0.3 is 0 Å². The fourth-order valence-corrected chi connectivity index (χ4v) is 3.26. The molecule has 0 saturated heterocycles. The van der Waals surface area contributed by atoms with Gasteiger partial charge in [0.05, 0.1) is 25.9 Å². The van der Waals surface area contributed by atoms with Crippen molar-refractivity contribution < 1.29 is 19.3 Å². The molecule has 0 aliphatic rings. The Morgan fingerprint density at radius 2 is 1.75 bits per heavy atom. The average Bonchev–Trinajstić information content (AvgIpc) is 2.68. The third-order valence-corrected chi connectivity index (χ3v) is 4.59. The topological polar surface area (TPSA) is 47.9 Å². The highest BCUT2D eigenvalue weighted by Crippen LogP contribution is 2.45. The van der Waals surface area contributed by atoms with Crippen LogP contribution in [0.25, 0.3) is 16.8 Å². The fourth-order valence-electron chi connectivity index (χ4n) is 3.26. The normalized spacial score (nSPS) is 11.4. The smallest absolute Gasteiger partial charge is 0.161 e. The van der Waals surface area contributed by atoms with E-state index >= 15 is 0 Å². The van der Waals surface area contributed by atoms with Gasteiger partial charge in [0.1, 0.15) is 11.5 Å². The standard InChI is InChI=1S/C24H32O4/c1-7-9-10-11-13-18-23(25)20-15-22(27-6)21(26-5)14-19(20)17(12-8-2)24(18)28-16(3)4/h8,11,13-16,25H,2,7,9-10,12H2,1,3-6H3/b13-11+. The van der Waals surface area contributed by atoms with Crippen molar-refractivity contribution in [1.29, 1.82) is 0 Å². The number of ether oxygens (including phenoxy) is 3. The maximum absolute atomic E-state index is 11.1. The number of rotatable bonds is 10. The predicted octanol–water partition coefficient (Wildman–Crippen LogP) is 6.28. The Morgan fingerprint density at radius 1 is 1.11 bits per heavy atom. The maximum atomic E-state index is 11.1. The lowest BCUT2D eigenvalue weighted by Gasteiger charge is -2.21. The highest BCUT2D eigenvalue weighted by atomic mass is 16.5. The summed E-state index contributed by atoms with van der Waals surface area (Å²) in [4.78, 5) is 0. The van der Waals surface area contributed by atoms with Gasteiger partial charge in [-0.25, -0.2) is 0 Å². The summed E-state index contributed by atoms with van der Waals surface area (Å²) >= 11 is 0. The van der Waals surface area contributed by atoms with Gasteiger partial charge in [0.15, 0.2) is 11.5 Å². The molecule has 0 unspecified atom stereocenters. The van der Waals surface area contributed by atoms with Crippen molar-refractivity contribution in [2.24, 2.45) is 0 Å². The lowest BCUT2D eigenvalue weighted by molar-refractivity contribution is 0.239. The van der Waals surface area contributed by atoms with Crippen LogP contribution in [0.15, 0.2) is 30.9 Å². The molecule has 2 aromatic rings. The minimum absolute atomic E-state index is 0.0247. The molecule has 0 spiro atoms. The summed E-state index contributed by atoms with van der Waals surface area (Å²) < 4.78 is 17.1. The number of hydrogen-bond donors (Lipinski definition) is 1. The molecule has 0 amide bonds. The van der Waals surface area contributed by atoms with Crippen LogP contribution in [0.1, 0.15) is 51.2 Å². The summed E-state index contributed by atoms with van der Waals surface area (Å²) in [6.45, 7) is 10.0. The van der Waals surface area contributed by atoms with Crippen molar-refractivity contribution in [1.82, 2.24) is 0 Å². The molecule has 0 aliphatic carbocycles. The number of benzene rings is 2. The molecule has 1 N–H and O–H groups in total. The molecule has 0 fully saturated rings. The van der Waals surface area contributed by atoms with E-state index in [1.807, 2.05) is 38.1 Å². The number of fused-ring (bicyclic) bond motifs is 1. The van der Waals surface area contributed by atoms with E-state index in [1.54, 1.807) is 14.2 Å². The summed E-state index contributed by atoms with van der Waals surface area (Å²) in [5, 5.41) is 12.7. The molecule has 2 rings (SSSR count). The van der Waals surface area contributed by atoms with Crippen LogP contribution in [-0.2, 0) is 6.42 Å². The first-order chi connectivity index (χ1) is 13.5. The van der Waals surface area contributed by atoms with Gasteiger partial charge in [0.25, 0.3) is 0 Å². The zero-order valence-electron chi connectivity index (χ0n) is 17.7. The first kappa shape index (κ1) is 21.7. The Hall–Kier alpha value is -2.62. The van der Waals surface area contributed by atoms with Crippen LogP contribution >= 0.6 is 0 Å². The van der Waals surface area contributed by atoms with Gasteiger partial charge in [-0.15, -0.1) is 6.58 Å². The summed E-state index contributed by atoms with van der Waals surface area (Å²) in [6.07, 6.45) is 9.69. The van der Waals surface area contributed by atoms with Crippen molar-refractivity contribution in [3.05, 3.63) is 42.0 Å². The number of hydrogen-bond acceptors (Lipinski definition) is 4. The van der Waals surface area contributed by atoms with Crippen LogP contribution in [-0.4, -0.2) is 25.4 Å². The quantitative estimate of drug-likeness (QED) is 0.387. The van der Waals surface area contributed by atoms with Gasteiger partial charge in [-0.2, -0.15) is 0 Å². The minimum atomic E-state index is -0.0247. The van der Waals surface area contributed by atoms with Crippen LogP contribution in [0.4, 0.5) is 0 Å². The molecule has 0 radical (unpaired) electrons. The monoisotopic (exact) mass is 384 g/mol. The van der Waals surface area contributed by atoms with Gasteiger partial charge < -0.3 is 19.3 Å². The van der Waals surface area contributed by atoms with E-state index in [2.05, 4.69) is 19.6 Å². The maximum Gasteiger partial charge on any atom is 0.161 e. The van der Waals surface area contributed by atoms with Gasteiger partial charge in [-0.1, -0.05) is 38.0 Å². The Balaban J connectivity index is 2.84. The highest BCUT2D eigenvalue weighted by Gasteiger charge is 2.21. The predicted molar refractivity (Wildman–Crippen MR) is 117 cm³/mol. The van der Waals surface area contributed by atoms with Crippen molar-refractivity contribution in [2.75, 3.05) is 14.2 Å². The number of unbranched alkanes of at least 4 members (excludes halogenated alkanes) is 2. The minimum Gasteiger partial charge on any atom is -0.507 e. The molecule has 0 bridgehead atoms. The lowest BCUT2D eigenvalue weighted by Crippen LogP contribution is -2.09. The third-order valence-electron chi connectivity index (χ3n) is 4.59. The zero-order valence-corrected chi connectivity index (χ0v) is 17.7. The molecule has 4 heteroatoms. The van der Waals surface area contributed by atoms with Gasteiger partial charge in [-0.05, 0) is 44.2 Å². The van der Waals surface area contributed by atoms with Crippen molar-refractivity contribution in [3.8, 4) is 23.0 Å². The second-order valence-corrected chi connectivity index (χ2v) is 7.03. The molecular weight excluding hydrogens is 352 g/mol. The van der Waals surface area contributed by atoms with E-state index in [-0.39, 0.29) is 11.9 Å². The third kappa shape index (κ3) is 4.61. The Labute approximate surface area is 168 Å². The number of allylic oxidation sites excluding steroid dienone is 2. The van der Waals surface area contributed by atoms with E-state index in [0.717, 1.165) is 30.2 Å². The zero-order chi connectivity index (χ0) is 20.7. The Morgan fingerprint density at radius 3 is 2.29 bits per heavy atom. The van der Waals surface area contributed by atoms with Gasteiger partial charge in [0, 0.05) is 10.9 Å². The van der Waals surface area contributed by atoms with Crippen molar-refractivity contribution in [3.63, 3.8) is 0 Å². The Bertz CT molecular complexity index is 850. The fraction of sp³-hybridized carbons (Fsp3) is 0.417. The molecule has 0 aromatic heterocycles. The van der Waals surface area contributed by atoms with Gasteiger partial charge in [0.2, 0.25) is 0 Å². The first-order valence-corrected chi connectivity index (χ1v) is 9.85. The van der Waals surface area contributed by atoms with Crippen LogP contribution in [0.5, 0.6) is 23.0 Å². The van der Waals surface area contributed by atoms with Crippen molar-refractivity contribution >= 4 is 16.8 Å². The average molecular weight is 385 g/mol.